The number of nitrogens with zero attached hydrogens (tertiary/aromatic N) is 1. The molecule has 1 heterocycles. The molecule has 1 atom stereocenters. The molecule has 0 saturated carbocycles. The van der Waals surface area contributed by atoms with Gasteiger partial charge in [-0.2, -0.15) is 0 Å². The fraction of sp³-hybridized carbons (Fsp3) is 0.154. The fourth-order valence-electron chi connectivity index (χ4n) is 1.56. The molecule has 0 aliphatic rings. The van der Waals surface area contributed by atoms with E-state index < -0.39 is 5.82 Å². The third-order valence-electron chi connectivity index (χ3n) is 2.46. The largest absolute Gasteiger partial charge is 0.361 e. The van der Waals surface area contributed by atoms with E-state index in [1.54, 1.807) is 12.1 Å². The lowest BCUT2D eigenvalue weighted by molar-refractivity contribution is 0.617. The Labute approximate surface area is 98.3 Å². The summed E-state index contributed by atoms with van der Waals surface area (Å²) >= 11 is 0. The molecule has 1 aromatic carbocycles. The lowest BCUT2D eigenvalue weighted by Crippen LogP contribution is -2.09. The molecule has 0 aliphatic heterocycles. The van der Waals surface area contributed by atoms with Crippen LogP contribution in [0.2, 0.25) is 0 Å². The van der Waals surface area contributed by atoms with Crippen molar-refractivity contribution >= 4 is 5.82 Å². The Kier molecular flexibility index (Phi) is 3.32. The van der Waals surface area contributed by atoms with Crippen LogP contribution in [0.3, 0.4) is 0 Å². The van der Waals surface area contributed by atoms with Crippen LogP contribution in [0, 0.1) is 11.6 Å². The monoisotopic (exact) mass is 234 g/mol. The second kappa shape index (κ2) is 4.91. The molecular weight excluding hydrogens is 222 g/mol. The van der Waals surface area contributed by atoms with Crippen LogP contribution >= 0.6 is 0 Å². The Morgan fingerprint density at radius 3 is 2.71 bits per heavy atom. The van der Waals surface area contributed by atoms with Gasteiger partial charge in [0.25, 0.3) is 0 Å². The lowest BCUT2D eigenvalue weighted by Gasteiger charge is -2.15. The Balaban J connectivity index is 2.17. The molecule has 17 heavy (non-hydrogen) atoms. The Bertz CT molecular complexity index is 514. The number of hydrogen-bond donors (Lipinski definition) is 1. The van der Waals surface area contributed by atoms with Gasteiger partial charge in [0.15, 0.2) is 11.6 Å². The number of pyridine rings is 1. The summed E-state index contributed by atoms with van der Waals surface area (Å²) < 4.78 is 26.4. The normalized spacial score (nSPS) is 12.2. The molecule has 1 N–H and O–H groups in total. The van der Waals surface area contributed by atoms with Crippen LogP contribution in [0.5, 0.6) is 0 Å². The van der Waals surface area contributed by atoms with E-state index in [0.717, 1.165) is 5.56 Å². The van der Waals surface area contributed by atoms with Gasteiger partial charge in [-0.15, -0.1) is 0 Å². The van der Waals surface area contributed by atoms with Crippen molar-refractivity contribution < 1.29 is 8.78 Å². The summed E-state index contributed by atoms with van der Waals surface area (Å²) in [6.45, 7) is 1.82. The van der Waals surface area contributed by atoms with Crippen LogP contribution in [0.4, 0.5) is 14.6 Å². The predicted octanol–water partition coefficient (Wildman–Crippen LogP) is 3.53. The van der Waals surface area contributed by atoms with Gasteiger partial charge in [0.1, 0.15) is 5.82 Å². The van der Waals surface area contributed by atoms with E-state index in [0.29, 0.717) is 0 Å². The van der Waals surface area contributed by atoms with Gasteiger partial charge in [-0.25, -0.2) is 13.8 Å². The van der Waals surface area contributed by atoms with Gasteiger partial charge in [-0.05, 0) is 36.8 Å². The average Bonchev–Trinajstić information content (AvgIpc) is 2.32. The van der Waals surface area contributed by atoms with E-state index in [4.69, 9.17) is 0 Å². The molecule has 4 heteroatoms. The molecule has 0 aliphatic carbocycles. The summed E-state index contributed by atoms with van der Waals surface area (Å²) in [5.41, 5.74) is 0.745. The van der Waals surface area contributed by atoms with Gasteiger partial charge >= 0.3 is 0 Å². The van der Waals surface area contributed by atoms with Gasteiger partial charge in [-0.3, -0.25) is 0 Å². The van der Waals surface area contributed by atoms with Crippen LogP contribution in [0.15, 0.2) is 42.6 Å². The number of aromatic nitrogens is 1. The molecule has 0 bridgehead atoms. The van der Waals surface area contributed by atoms with Crippen molar-refractivity contribution in [2.24, 2.45) is 0 Å². The molecule has 0 saturated heterocycles. The van der Waals surface area contributed by atoms with Crippen LogP contribution in [-0.2, 0) is 0 Å². The Morgan fingerprint density at radius 1 is 1.18 bits per heavy atom. The van der Waals surface area contributed by atoms with Gasteiger partial charge < -0.3 is 5.32 Å². The summed E-state index contributed by atoms with van der Waals surface area (Å²) in [4.78, 5) is 3.89. The SMILES string of the molecule is CC(Nc1ncccc1F)c1cccc(F)c1. The average molecular weight is 234 g/mol. The van der Waals surface area contributed by atoms with Crippen LogP contribution in [0.1, 0.15) is 18.5 Å². The number of hydrogen-bond acceptors (Lipinski definition) is 2. The summed E-state index contributed by atoms with van der Waals surface area (Å²) in [7, 11) is 0. The minimum atomic E-state index is -0.421. The minimum absolute atomic E-state index is 0.171. The smallest absolute Gasteiger partial charge is 0.165 e. The van der Waals surface area contributed by atoms with Crippen molar-refractivity contribution in [1.29, 1.82) is 0 Å². The number of rotatable bonds is 3. The highest BCUT2D eigenvalue weighted by atomic mass is 19.1. The second-order valence-electron chi connectivity index (χ2n) is 3.75. The first kappa shape index (κ1) is 11.5. The van der Waals surface area contributed by atoms with E-state index in [-0.39, 0.29) is 17.7 Å². The highest BCUT2D eigenvalue weighted by Crippen LogP contribution is 2.19. The molecule has 2 nitrogen and oxygen atoms in total. The number of halogens is 2. The number of anilines is 1. The Hall–Kier alpha value is -1.97. The van der Waals surface area contributed by atoms with Crippen molar-refractivity contribution in [1.82, 2.24) is 4.98 Å². The van der Waals surface area contributed by atoms with Crippen molar-refractivity contribution in [3.05, 3.63) is 59.8 Å². The van der Waals surface area contributed by atoms with E-state index in [1.165, 1.54) is 30.5 Å². The first-order valence-corrected chi connectivity index (χ1v) is 5.29. The van der Waals surface area contributed by atoms with Crippen molar-refractivity contribution in [2.75, 3.05) is 5.32 Å². The molecule has 88 valence electrons. The summed E-state index contributed by atoms with van der Waals surface area (Å²) in [5.74, 6) is -0.558. The van der Waals surface area contributed by atoms with E-state index in [2.05, 4.69) is 10.3 Å². The highest BCUT2D eigenvalue weighted by molar-refractivity contribution is 5.39. The molecule has 2 aromatic rings. The van der Waals surface area contributed by atoms with Gasteiger partial charge in [0.05, 0.1) is 6.04 Å². The van der Waals surface area contributed by atoms with Crippen LogP contribution in [0.25, 0.3) is 0 Å². The van der Waals surface area contributed by atoms with Crippen molar-refractivity contribution in [3.8, 4) is 0 Å². The summed E-state index contributed by atoms with van der Waals surface area (Å²) in [6.07, 6.45) is 1.50. The highest BCUT2D eigenvalue weighted by Gasteiger charge is 2.09. The predicted molar refractivity (Wildman–Crippen MR) is 62.6 cm³/mol. The first-order valence-electron chi connectivity index (χ1n) is 5.29. The van der Waals surface area contributed by atoms with Crippen molar-refractivity contribution in [3.63, 3.8) is 0 Å². The number of benzene rings is 1. The van der Waals surface area contributed by atoms with Gasteiger partial charge in [0.2, 0.25) is 0 Å². The molecule has 0 fully saturated rings. The second-order valence-corrected chi connectivity index (χ2v) is 3.75. The maximum absolute atomic E-state index is 13.3. The Morgan fingerprint density at radius 2 is 2.00 bits per heavy atom. The van der Waals surface area contributed by atoms with Crippen LogP contribution in [-0.4, -0.2) is 4.98 Å². The minimum Gasteiger partial charge on any atom is -0.361 e. The zero-order valence-electron chi connectivity index (χ0n) is 9.32. The third kappa shape index (κ3) is 2.78. The molecular formula is C13H12F2N2. The standard InChI is InChI=1S/C13H12F2N2/c1-9(10-4-2-5-11(14)8-10)17-13-12(15)6-3-7-16-13/h2-9H,1H3,(H,16,17). The molecule has 0 amide bonds. The maximum atomic E-state index is 13.3. The molecule has 1 aromatic heterocycles. The topological polar surface area (TPSA) is 24.9 Å². The molecule has 0 radical (unpaired) electrons. The zero-order chi connectivity index (χ0) is 12.3. The fourth-order valence-corrected chi connectivity index (χ4v) is 1.56. The summed E-state index contributed by atoms with van der Waals surface area (Å²) in [6, 6.07) is 8.83. The van der Waals surface area contributed by atoms with Crippen molar-refractivity contribution in [2.45, 2.75) is 13.0 Å². The lowest BCUT2D eigenvalue weighted by atomic mass is 10.1. The van der Waals surface area contributed by atoms with E-state index in [9.17, 15) is 8.78 Å². The maximum Gasteiger partial charge on any atom is 0.165 e. The number of nitrogens with one attached hydrogen (secondary N) is 1. The molecule has 2 rings (SSSR count). The van der Waals surface area contributed by atoms with E-state index in [1.807, 2.05) is 6.92 Å². The zero-order valence-corrected chi connectivity index (χ0v) is 9.32. The molecule has 0 spiro atoms. The first-order chi connectivity index (χ1) is 8.16. The van der Waals surface area contributed by atoms with Gasteiger partial charge in [0, 0.05) is 6.20 Å². The summed E-state index contributed by atoms with van der Waals surface area (Å²) in [5, 5.41) is 2.90. The quantitative estimate of drug-likeness (QED) is 0.878. The van der Waals surface area contributed by atoms with E-state index >= 15 is 0 Å². The van der Waals surface area contributed by atoms with Crippen LogP contribution < -0.4 is 5.32 Å². The third-order valence-corrected chi connectivity index (χ3v) is 2.46. The molecule has 1 unspecified atom stereocenters. The van der Waals surface area contributed by atoms with Gasteiger partial charge in [-0.1, -0.05) is 12.1 Å².